The van der Waals surface area contributed by atoms with Gasteiger partial charge in [0.2, 0.25) is 5.91 Å². The van der Waals surface area contributed by atoms with Gasteiger partial charge in [-0.25, -0.2) is 0 Å². The third-order valence-electron chi connectivity index (χ3n) is 4.51. The first-order valence-electron chi connectivity index (χ1n) is 6.77. The van der Waals surface area contributed by atoms with Crippen molar-refractivity contribution in [3.63, 3.8) is 0 Å². The molecular weight excluding hydrogens is 240 g/mol. The Morgan fingerprint density at radius 2 is 2.21 bits per heavy atom. The molecule has 2 aliphatic rings. The minimum absolute atomic E-state index is 0.397. The van der Waals surface area contributed by atoms with Crippen LogP contribution in [0.25, 0.3) is 11.0 Å². The molecule has 1 aromatic carbocycles. The smallest absolute Gasteiger partial charge is 0.248 e. The summed E-state index contributed by atoms with van der Waals surface area (Å²) in [7, 11) is 0. The number of amides is 1. The number of carbonyl (C=O) groups is 1. The second kappa shape index (κ2) is 3.84. The molecule has 3 N–H and O–H groups in total. The molecule has 19 heavy (non-hydrogen) atoms. The van der Waals surface area contributed by atoms with E-state index in [1.807, 2.05) is 12.1 Å². The molecule has 3 unspecified atom stereocenters. The molecule has 4 nitrogen and oxygen atoms in total. The highest BCUT2D eigenvalue weighted by Gasteiger charge is 2.41. The number of nitrogens with two attached hydrogens (primary N) is 1. The molecule has 4 rings (SSSR count). The van der Waals surface area contributed by atoms with Crippen molar-refractivity contribution >= 4 is 16.9 Å². The first-order chi connectivity index (χ1) is 9.20. The molecular formula is C15H16N2O2. The van der Waals surface area contributed by atoms with Gasteiger partial charge < -0.3 is 15.5 Å². The number of rotatable bonds is 2. The predicted octanol–water partition coefficient (Wildman–Crippen LogP) is 2.00. The summed E-state index contributed by atoms with van der Waals surface area (Å²) >= 11 is 0. The third-order valence-corrected chi connectivity index (χ3v) is 4.51. The van der Waals surface area contributed by atoms with Crippen molar-refractivity contribution in [3.8, 4) is 0 Å². The Bertz CT molecular complexity index is 661. The summed E-state index contributed by atoms with van der Waals surface area (Å²) in [4.78, 5) is 11.2. The first-order valence-corrected chi connectivity index (χ1v) is 6.77. The van der Waals surface area contributed by atoms with E-state index in [1.54, 1.807) is 6.07 Å². The molecule has 1 saturated heterocycles. The van der Waals surface area contributed by atoms with Gasteiger partial charge in [0.15, 0.2) is 0 Å². The molecule has 1 aromatic heterocycles. The van der Waals surface area contributed by atoms with Crippen LogP contribution in [0.3, 0.4) is 0 Å². The minimum atomic E-state index is -0.397. The van der Waals surface area contributed by atoms with Gasteiger partial charge in [0.05, 0.1) is 0 Å². The van der Waals surface area contributed by atoms with E-state index in [0.717, 1.165) is 29.2 Å². The number of primary amides is 1. The molecule has 3 atom stereocenters. The summed E-state index contributed by atoms with van der Waals surface area (Å²) in [5, 5.41) is 4.51. The molecule has 1 saturated carbocycles. The van der Waals surface area contributed by atoms with Gasteiger partial charge in [-0.15, -0.1) is 0 Å². The molecule has 2 aromatic rings. The van der Waals surface area contributed by atoms with Crippen LogP contribution in [0.4, 0.5) is 0 Å². The van der Waals surface area contributed by atoms with Gasteiger partial charge in [0.1, 0.15) is 11.3 Å². The number of furan rings is 1. The van der Waals surface area contributed by atoms with E-state index in [1.165, 1.54) is 12.8 Å². The van der Waals surface area contributed by atoms with E-state index in [0.29, 0.717) is 17.5 Å². The van der Waals surface area contributed by atoms with Crippen LogP contribution < -0.4 is 11.1 Å². The fourth-order valence-corrected chi connectivity index (χ4v) is 3.57. The van der Waals surface area contributed by atoms with Gasteiger partial charge in [-0.3, -0.25) is 4.79 Å². The Labute approximate surface area is 111 Å². The fraction of sp³-hybridized carbons (Fsp3) is 0.400. The Balaban J connectivity index is 1.73. The zero-order valence-corrected chi connectivity index (χ0v) is 10.6. The lowest BCUT2D eigenvalue weighted by molar-refractivity contribution is 0.100. The second-order valence-corrected chi connectivity index (χ2v) is 5.72. The normalized spacial score (nSPS) is 29.2. The standard InChI is InChI=1S/C15H16N2O2/c16-15(18)9-1-2-13-10(5-9)6-14(19-13)11-3-8-4-12(11)17-7-8/h1-2,5-6,8,11-12,17H,3-4,7H2,(H2,16,18). The van der Waals surface area contributed by atoms with Crippen LogP contribution in [0.5, 0.6) is 0 Å². The Morgan fingerprint density at radius 1 is 1.32 bits per heavy atom. The second-order valence-electron chi connectivity index (χ2n) is 5.72. The molecule has 2 heterocycles. The fourth-order valence-electron chi connectivity index (χ4n) is 3.57. The number of benzene rings is 1. The van der Waals surface area contributed by atoms with Crippen molar-refractivity contribution in [2.24, 2.45) is 11.7 Å². The molecule has 98 valence electrons. The summed E-state index contributed by atoms with van der Waals surface area (Å²) < 4.78 is 5.95. The van der Waals surface area contributed by atoms with Crippen LogP contribution >= 0.6 is 0 Å². The topological polar surface area (TPSA) is 68.3 Å². The summed E-state index contributed by atoms with van der Waals surface area (Å²) in [6.07, 6.45) is 2.47. The zero-order valence-electron chi connectivity index (χ0n) is 10.6. The maximum Gasteiger partial charge on any atom is 0.248 e. The number of nitrogens with one attached hydrogen (secondary N) is 1. The van der Waals surface area contributed by atoms with Gasteiger partial charge in [0, 0.05) is 22.9 Å². The minimum Gasteiger partial charge on any atom is -0.461 e. The van der Waals surface area contributed by atoms with Crippen LogP contribution in [-0.4, -0.2) is 18.5 Å². The summed E-state index contributed by atoms with van der Waals surface area (Å²) in [6.45, 7) is 1.15. The van der Waals surface area contributed by atoms with E-state index >= 15 is 0 Å². The Hall–Kier alpha value is -1.81. The highest BCUT2D eigenvalue weighted by atomic mass is 16.3. The van der Waals surface area contributed by atoms with E-state index < -0.39 is 5.91 Å². The lowest BCUT2D eigenvalue weighted by atomic mass is 9.97. The van der Waals surface area contributed by atoms with E-state index in [4.69, 9.17) is 10.2 Å². The van der Waals surface area contributed by atoms with Crippen LogP contribution in [0, 0.1) is 5.92 Å². The lowest BCUT2D eigenvalue weighted by Crippen LogP contribution is -2.30. The summed E-state index contributed by atoms with van der Waals surface area (Å²) in [5.41, 5.74) is 6.67. The van der Waals surface area contributed by atoms with E-state index in [9.17, 15) is 4.79 Å². The number of hydrogen-bond donors (Lipinski definition) is 2. The Kier molecular flexibility index (Phi) is 2.23. The first kappa shape index (κ1) is 11.1. The van der Waals surface area contributed by atoms with Crippen LogP contribution in [0.15, 0.2) is 28.7 Å². The van der Waals surface area contributed by atoms with Gasteiger partial charge in [0.25, 0.3) is 0 Å². The van der Waals surface area contributed by atoms with Crippen LogP contribution in [0.2, 0.25) is 0 Å². The van der Waals surface area contributed by atoms with Crippen molar-refractivity contribution in [1.29, 1.82) is 0 Å². The number of hydrogen-bond acceptors (Lipinski definition) is 3. The molecule has 0 spiro atoms. The average molecular weight is 256 g/mol. The van der Waals surface area contributed by atoms with Crippen LogP contribution in [-0.2, 0) is 0 Å². The highest BCUT2D eigenvalue weighted by molar-refractivity contribution is 5.96. The molecule has 1 aliphatic carbocycles. The zero-order chi connectivity index (χ0) is 13.0. The maximum atomic E-state index is 11.2. The molecule has 0 radical (unpaired) electrons. The van der Waals surface area contributed by atoms with Crippen molar-refractivity contribution in [1.82, 2.24) is 5.32 Å². The molecule has 2 fully saturated rings. The lowest BCUT2D eigenvalue weighted by Gasteiger charge is -2.20. The van der Waals surface area contributed by atoms with Gasteiger partial charge in [-0.1, -0.05) is 0 Å². The predicted molar refractivity (Wildman–Crippen MR) is 72.0 cm³/mol. The maximum absolute atomic E-state index is 11.2. The van der Waals surface area contributed by atoms with Crippen LogP contribution in [0.1, 0.15) is 34.9 Å². The largest absolute Gasteiger partial charge is 0.461 e. The molecule has 1 amide bonds. The third kappa shape index (κ3) is 1.67. The van der Waals surface area contributed by atoms with Crippen molar-refractivity contribution < 1.29 is 9.21 Å². The van der Waals surface area contributed by atoms with Gasteiger partial charge >= 0.3 is 0 Å². The molecule has 2 bridgehead atoms. The molecule has 1 aliphatic heterocycles. The Morgan fingerprint density at radius 3 is 2.89 bits per heavy atom. The van der Waals surface area contributed by atoms with Gasteiger partial charge in [-0.05, 0) is 49.6 Å². The summed E-state index contributed by atoms with van der Waals surface area (Å²) in [6, 6.07) is 7.98. The quantitative estimate of drug-likeness (QED) is 0.863. The number of fused-ring (bicyclic) bond motifs is 3. The van der Waals surface area contributed by atoms with Crippen molar-refractivity contribution in [2.45, 2.75) is 24.8 Å². The molecule has 4 heteroatoms. The SMILES string of the molecule is NC(=O)c1ccc2oc(C3CC4CNC3C4)cc2c1. The van der Waals surface area contributed by atoms with E-state index in [2.05, 4.69) is 11.4 Å². The average Bonchev–Trinajstić information content (AvgIpc) is 3.11. The summed E-state index contributed by atoms with van der Waals surface area (Å²) in [5.74, 6) is 1.91. The number of carbonyl (C=O) groups excluding carboxylic acids is 1. The van der Waals surface area contributed by atoms with Crippen molar-refractivity contribution in [2.75, 3.05) is 6.54 Å². The monoisotopic (exact) mass is 256 g/mol. The highest BCUT2D eigenvalue weighted by Crippen LogP contribution is 2.43. The number of piperidine rings is 1. The van der Waals surface area contributed by atoms with Crippen molar-refractivity contribution in [3.05, 3.63) is 35.6 Å². The van der Waals surface area contributed by atoms with Gasteiger partial charge in [-0.2, -0.15) is 0 Å². The van der Waals surface area contributed by atoms with E-state index in [-0.39, 0.29) is 0 Å².